The predicted molar refractivity (Wildman–Crippen MR) is 76.9 cm³/mol. The Morgan fingerprint density at radius 1 is 0.826 bits per heavy atom. The maximum absolute atomic E-state index is 10.7. The van der Waals surface area contributed by atoms with Crippen molar-refractivity contribution in [1.82, 2.24) is 0 Å². The van der Waals surface area contributed by atoms with E-state index in [-0.39, 0.29) is 49.9 Å². The molecule has 0 aromatic carbocycles. The summed E-state index contributed by atoms with van der Waals surface area (Å²) in [5.41, 5.74) is 0. The van der Waals surface area contributed by atoms with E-state index in [2.05, 4.69) is 9.78 Å². The zero-order valence-electron chi connectivity index (χ0n) is 15.0. The van der Waals surface area contributed by atoms with Crippen LogP contribution in [0.3, 0.4) is 0 Å². The first kappa shape index (κ1) is 30.2. The first-order valence-corrected chi connectivity index (χ1v) is 7.22. The molecule has 0 N–H and O–H groups in total. The van der Waals surface area contributed by atoms with Crippen LogP contribution in [-0.4, -0.2) is 24.5 Å². The Morgan fingerprint density at radius 3 is 1.30 bits per heavy atom. The number of carboxylic acids is 2. The first-order chi connectivity index (χ1) is 9.97. The number of rotatable bonds is 6. The minimum atomic E-state index is -0.991. The normalized spacial score (nSPS) is 9.13. The van der Waals surface area contributed by atoms with Crippen molar-refractivity contribution in [2.45, 2.75) is 54.9 Å². The number of carbonyl (C=O) groups excluding carboxylic acids is 3. The van der Waals surface area contributed by atoms with Crippen LogP contribution in [-0.2, 0) is 50.4 Å². The average Bonchev–Trinajstić information content (AvgIpc) is 2.39. The Bertz CT molecular complexity index is 297. The first-order valence-electron chi connectivity index (χ1n) is 7.22. The summed E-state index contributed by atoms with van der Waals surface area (Å²) in [4.78, 5) is 38.8. The molecule has 0 radical (unpaired) electrons. The van der Waals surface area contributed by atoms with E-state index in [0.29, 0.717) is 6.61 Å². The Hall–Kier alpha value is -0.747. The molecule has 0 heterocycles. The van der Waals surface area contributed by atoms with Gasteiger partial charge in [0, 0.05) is 11.9 Å². The van der Waals surface area contributed by atoms with Gasteiger partial charge in [-0.2, -0.15) is 4.89 Å². The van der Waals surface area contributed by atoms with E-state index in [1.165, 1.54) is 0 Å². The van der Waals surface area contributed by atoms with E-state index < -0.39 is 11.9 Å². The van der Waals surface area contributed by atoms with Gasteiger partial charge < -0.3 is 19.8 Å². The van der Waals surface area contributed by atoms with Crippen LogP contribution in [0.1, 0.15) is 54.9 Å². The Balaban J connectivity index is -0.000000122. The molecule has 0 spiro atoms. The minimum Gasteiger partial charge on any atom is -0.550 e. The van der Waals surface area contributed by atoms with Gasteiger partial charge in [0.2, 0.25) is 0 Å². The molecule has 0 aliphatic carbocycles. The van der Waals surface area contributed by atoms with E-state index in [9.17, 15) is 24.6 Å². The van der Waals surface area contributed by atoms with Gasteiger partial charge in [0.25, 0.3) is 0 Å². The van der Waals surface area contributed by atoms with Crippen LogP contribution in [0.5, 0.6) is 0 Å². The average molecular weight is 412 g/mol. The second-order valence-corrected chi connectivity index (χ2v) is 5.33. The van der Waals surface area contributed by atoms with Gasteiger partial charge in [-0.1, -0.05) is 48.5 Å². The zero-order valence-corrected chi connectivity index (χ0v) is 17.5. The van der Waals surface area contributed by atoms with Crippen molar-refractivity contribution in [2.75, 3.05) is 6.61 Å². The van der Waals surface area contributed by atoms with Crippen molar-refractivity contribution in [3.05, 3.63) is 0 Å². The third kappa shape index (κ3) is 29.8. The Kier molecular flexibility index (Phi) is 25.3. The second-order valence-electron chi connectivity index (χ2n) is 5.33. The van der Waals surface area contributed by atoms with E-state index >= 15 is 0 Å². The fourth-order valence-electron chi connectivity index (χ4n) is 0.279. The molecule has 0 bridgehead atoms. The largest absolute Gasteiger partial charge is 2.00 e. The molecule has 7 nitrogen and oxygen atoms in total. The maximum atomic E-state index is 10.7. The number of carbonyl (C=O) groups is 3. The topological polar surface area (TPSA) is 116 Å². The molecule has 0 aliphatic heterocycles. The van der Waals surface area contributed by atoms with Crippen LogP contribution >= 0.6 is 0 Å². The number of hydrogen-bond donors (Lipinski definition) is 0. The molecule has 134 valence electrons. The summed E-state index contributed by atoms with van der Waals surface area (Å²) in [6, 6.07) is 0. The van der Waals surface area contributed by atoms with Crippen molar-refractivity contribution in [1.29, 1.82) is 0 Å². The van der Waals surface area contributed by atoms with Gasteiger partial charge in [0.15, 0.2) is 0 Å². The fourth-order valence-corrected chi connectivity index (χ4v) is 0.279. The van der Waals surface area contributed by atoms with Crippen molar-refractivity contribution in [3.63, 3.8) is 0 Å². The molecule has 0 aromatic rings. The van der Waals surface area contributed by atoms with Gasteiger partial charge in [-0.15, -0.1) is 0 Å². The molecular formula is C15H28O7Zr. The van der Waals surface area contributed by atoms with Crippen LogP contribution in [0.4, 0.5) is 0 Å². The van der Waals surface area contributed by atoms with Crippen molar-refractivity contribution >= 4 is 17.9 Å². The summed E-state index contributed by atoms with van der Waals surface area (Å²) >= 11 is 0. The summed E-state index contributed by atoms with van der Waals surface area (Å²) in [6.45, 7) is 12.3. The number of hydrogen-bond acceptors (Lipinski definition) is 7. The molecule has 23 heavy (non-hydrogen) atoms. The van der Waals surface area contributed by atoms with Crippen molar-refractivity contribution in [2.24, 2.45) is 17.8 Å². The van der Waals surface area contributed by atoms with Crippen molar-refractivity contribution < 1.29 is 60.6 Å². The molecule has 0 saturated heterocycles. The molecule has 0 saturated carbocycles. The third-order valence-corrected chi connectivity index (χ3v) is 1.84. The standard InChI is InChI=1S/C7H14O3.2C4H8O2.Zr/c1-4-5-9-10-7(8)6(2)3;2*1-3(2)4(5)6;/h6H,4-5H2,1-3H3;2*3H,1-2H3,(H,5,6);/q;;;+2/p-2. The van der Waals surface area contributed by atoms with Gasteiger partial charge in [-0.25, -0.2) is 4.79 Å². The smallest absolute Gasteiger partial charge is 0.550 e. The summed E-state index contributed by atoms with van der Waals surface area (Å²) in [5, 5.41) is 19.2. The molecule has 8 heteroatoms. The quantitative estimate of drug-likeness (QED) is 0.351. The van der Waals surface area contributed by atoms with Crippen LogP contribution in [0.25, 0.3) is 0 Å². The molecule has 0 aromatic heterocycles. The molecule has 0 fully saturated rings. The molecule has 0 aliphatic rings. The summed E-state index contributed by atoms with van der Waals surface area (Å²) < 4.78 is 0. The molecule has 0 unspecified atom stereocenters. The van der Waals surface area contributed by atoms with E-state index in [1.807, 2.05) is 6.92 Å². The van der Waals surface area contributed by atoms with Crippen molar-refractivity contribution in [3.8, 4) is 0 Å². The molecular weight excluding hydrogens is 383 g/mol. The number of carboxylic acid groups (broad SMARTS) is 2. The fraction of sp³-hybridized carbons (Fsp3) is 0.800. The molecule has 0 rings (SSSR count). The SMILES string of the molecule is CC(C)C(=O)[O-].CC(C)C(=O)[O-].CCCOOC(=O)C(C)C.[Zr+2]. The monoisotopic (exact) mass is 410 g/mol. The zero-order chi connectivity index (χ0) is 18.3. The predicted octanol–water partition coefficient (Wildman–Crippen LogP) is 0.309. The minimum absolute atomic E-state index is 0. The Labute approximate surface area is 157 Å². The number of aliphatic carboxylic acids is 2. The van der Waals surface area contributed by atoms with E-state index in [4.69, 9.17) is 0 Å². The van der Waals surface area contributed by atoms with Gasteiger partial charge in [0.05, 0.1) is 12.5 Å². The van der Waals surface area contributed by atoms with Gasteiger partial charge in [-0.05, 0) is 18.3 Å². The third-order valence-electron chi connectivity index (χ3n) is 1.84. The van der Waals surface area contributed by atoms with Gasteiger partial charge in [0.1, 0.15) is 0 Å². The van der Waals surface area contributed by atoms with Gasteiger partial charge >= 0.3 is 32.2 Å². The maximum Gasteiger partial charge on any atom is 2.00 e. The van der Waals surface area contributed by atoms with E-state index in [1.54, 1.807) is 41.5 Å². The van der Waals surface area contributed by atoms with E-state index in [0.717, 1.165) is 6.42 Å². The second kappa shape index (κ2) is 19.3. The van der Waals surface area contributed by atoms with Gasteiger partial charge in [-0.3, -0.25) is 4.89 Å². The van der Waals surface area contributed by atoms with Crippen LogP contribution < -0.4 is 10.2 Å². The van der Waals surface area contributed by atoms with Crippen LogP contribution in [0, 0.1) is 17.8 Å². The van der Waals surface area contributed by atoms with Crippen LogP contribution in [0.15, 0.2) is 0 Å². The molecule has 0 atom stereocenters. The molecule has 0 amide bonds. The summed E-state index contributed by atoms with van der Waals surface area (Å²) in [5.74, 6) is -3.09. The summed E-state index contributed by atoms with van der Waals surface area (Å²) in [6.07, 6.45) is 0.853. The Morgan fingerprint density at radius 2 is 1.13 bits per heavy atom. The summed E-state index contributed by atoms with van der Waals surface area (Å²) in [7, 11) is 0. The van der Waals surface area contributed by atoms with Crippen LogP contribution in [0.2, 0.25) is 0 Å².